The predicted molar refractivity (Wildman–Crippen MR) is 280 cm³/mol. The Morgan fingerprint density at radius 3 is 0.356 bits per heavy atom. The maximum absolute atomic E-state index is 2.34. The topological polar surface area (TPSA) is 0 Å². The smallest absolute Gasteiger partial charge is 0.0594 e. The molecule has 0 radical (unpaired) electrons. The lowest BCUT2D eigenvalue weighted by Gasteiger charge is -2.28. The Morgan fingerprint density at radius 2 is 0.237 bits per heavy atom. The Balaban J connectivity index is 4.90. The van der Waals surface area contributed by atoms with Gasteiger partial charge in [0.05, 0.1) is 24.6 Å². The first-order chi connectivity index (χ1) is 29.2. The molecule has 0 aliphatic heterocycles. The first kappa shape index (κ1) is 59.4. The summed E-state index contributed by atoms with van der Waals surface area (Å²) in [4.78, 5) is 0. The van der Waals surface area contributed by atoms with Gasteiger partial charge in [0.2, 0.25) is 0 Å². The molecule has 0 N–H and O–H groups in total. The van der Waals surface area contributed by atoms with Gasteiger partial charge in [0.15, 0.2) is 0 Å². The highest BCUT2D eigenvalue weighted by Gasteiger charge is 2.35. The molecule has 0 fully saturated rings. The van der Waals surface area contributed by atoms with Gasteiger partial charge in [-0.05, 0) is 51.4 Å². The summed E-state index contributed by atoms with van der Waals surface area (Å²) in [5.74, 6) is 0. The van der Waals surface area contributed by atoms with Gasteiger partial charge in [-0.2, -0.15) is 0 Å². The zero-order chi connectivity index (χ0) is 42.7. The SMILES string of the molecule is CCCCCCCCCCCCCCC[P+](CCCCCCCCCCCCC)(CCCCCCCCCCCCCCC)CCCCCCCCCCCCCCC. The third kappa shape index (κ3) is 47.7. The zero-order valence-corrected chi connectivity index (χ0v) is 43.5. The van der Waals surface area contributed by atoms with Crippen molar-refractivity contribution in [2.75, 3.05) is 24.6 Å². The molecular weight excluding hydrogens is 728 g/mol. The van der Waals surface area contributed by atoms with E-state index in [1.165, 1.54) is 295 Å². The van der Waals surface area contributed by atoms with Gasteiger partial charge in [0, 0.05) is 7.26 Å². The molecule has 0 saturated heterocycles. The highest BCUT2D eigenvalue weighted by molar-refractivity contribution is 7.75. The number of hydrogen-bond acceptors (Lipinski definition) is 0. The van der Waals surface area contributed by atoms with Crippen molar-refractivity contribution in [3.63, 3.8) is 0 Å². The monoisotopic (exact) mass is 848 g/mol. The van der Waals surface area contributed by atoms with Gasteiger partial charge in [0.1, 0.15) is 0 Å². The lowest BCUT2D eigenvalue weighted by atomic mass is 10.0. The van der Waals surface area contributed by atoms with Crippen LogP contribution in [0.5, 0.6) is 0 Å². The second kappa shape index (κ2) is 52.8. The minimum absolute atomic E-state index is 0.820. The molecule has 0 saturated carbocycles. The van der Waals surface area contributed by atoms with Crippen molar-refractivity contribution in [2.24, 2.45) is 0 Å². The Bertz CT molecular complexity index is 640. The van der Waals surface area contributed by atoms with Crippen LogP contribution in [0.25, 0.3) is 0 Å². The van der Waals surface area contributed by atoms with Crippen LogP contribution in [0.1, 0.15) is 349 Å². The Hall–Kier alpha value is 0.430. The van der Waals surface area contributed by atoms with Crippen LogP contribution < -0.4 is 0 Å². The minimum atomic E-state index is -0.820. The van der Waals surface area contributed by atoms with Crippen molar-refractivity contribution in [2.45, 2.75) is 349 Å². The molecule has 0 nitrogen and oxygen atoms in total. The summed E-state index contributed by atoms with van der Waals surface area (Å²) in [7, 11) is -0.820. The molecule has 0 rings (SSSR count). The first-order valence-corrected chi connectivity index (χ1v) is 31.6. The fourth-order valence-electron chi connectivity index (χ4n) is 10.2. The molecule has 0 aliphatic carbocycles. The molecule has 0 aromatic carbocycles. The molecular formula is C58H120P+. The molecule has 0 bridgehead atoms. The van der Waals surface area contributed by atoms with Gasteiger partial charge < -0.3 is 0 Å². The first-order valence-electron chi connectivity index (χ1n) is 29.1. The van der Waals surface area contributed by atoms with Crippen LogP contribution in [0.15, 0.2) is 0 Å². The summed E-state index contributed by atoms with van der Waals surface area (Å²) in [6.07, 6.45) is 81.3. The summed E-state index contributed by atoms with van der Waals surface area (Å²) in [5, 5.41) is 0. The van der Waals surface area contributed by atoms with Gasteiger partial charge >= 0.3 is 0 Å². The summed E-state index contributed by atoms with van der Waals surface area (Å²) in [6, 6.07) is 0. The molecule has 0 amide bonds. The van der Waals surface area contributed by atoms with E-state index in [2.05, 4.69) is 27.7 Å². The Morgan fingerprint density at radius 1 is 0.136 bits per heavy atom. The van der Waals surface area contributed by atoms with Crippen molar-refractivity contribution in [3.05, 3.63) is 0 Å². The lowest BCUT2D eigenvalue weighted by Crippen LogP contribution is -2.13. The van der Waals surface area contributed by atoms with Crippen LogP contribution in [-0.4, -0.2) is 24.6 Å². The van der Waals surface area contributed by atoms with Gasteiger partial charge in [0.25, 0.3) is 0 Å². The van der Waals surface area contributed by atoms with Gasteiger partial charge in [-0.3, -0.25) is 0 Å². The van der Waals surface area contributed by atoms with Crippen LogP contribution in [0, 0.1) is 0 Å². The normalized spacial score (nSPS) is 12.0. The summed E-state index contributed by atoms with van der Waals surface area (Å²) >= 11 is 0. The van der Waals surface area contributed by atoms with Gasteiger partial charge in [-0.25, -0.2) is 0 Å². The molecule has 0 atom stereocenters. The molecule has 0 aromatic rings. The molecule has 0 spiro atoms. The third-order valence-corrected chi connectivity index (χ3v) is 19.5. The minimum Gasteiger partial charge on any atom is -0.0654 e. The Kier molecular flexibility index (Phi) is 53.2. The van der Waals surface area contributed by atoms with E-state index in [0.29, 0.717) is 0 Å². The maximum Gasteiger partial charge on any atom is 0.0594 e. The van der Waals surface area contributed by atoms with Crippen molar-refractivity contribution in [1.82, 2.24) is 0 Å². The van der Waals surface area contributed by atoms with E-state index < -0.39 is 7.26 Å². The van der Waals surface area contributed by atoms with Crippen LogP contribution in [0.4, 0.5) is 0 Å². The largest absolute Gasteiger partial charge is 0.0654 e. The number of hydrogen-bond donors (Lipinski definition) is 0. The van der Waals surface area contributed by atoms with Gasteiger partial charge in [-0.1, -0.05) is 297 Å². The molecule has 59 heavy (non-hydrogen) atoms. The van der Waals surface area contributed by atoms with Crippen LogP contribution in [0.3, 0.4) is 0 Å². The van der Waals surface area contributed by atoms with Crippen molar-refractivity contribution in [1.29, 1.82) is 0 Å². The van der Waals surface area contributed by atoms with Crippen LogP contribution in [0.2, 0.25) is 0 Å². The van der Waals surface area contributed by atoms with E-state index in [4.69, 9.17) is 0 Å². The number of rotatable bonds is 54. The summed E-state index contributed by atoms with van der Waals surface area (Å²) in [5.41, 5.74) is 0. The highest BCUT2D eigenvalue weighted by atomic mass is 31.2. The van der Waals surface area contributed by atoms with Crippen molar-refractivity contribution < 1.29 is 0 Å². The van der Waals surface area contributed by atoms with E-state index in [1.54, 1.807) is 50.3 Å². The number of unbranched alkanes of at least 4 members (excludes halogenated alkanes) is 46. The average Bonchev–Trinajstić information content (AvgIpc) is 3.24. The second-order valence-electron chi connectivity index (χ2n) is 20.5. The standard InChI is InChI=1S/C58H120P/c1-5-9-13-17-21-25-29-32-36-40-44-48-52-56-59(55-51-47-43-39-35-28-24-20-16-12-8-4,57-53-49-45-41-37-33-30-26-22-18-14-10-6-2)58-54-50-46-42-38-34-31-27-23-19-15-11-7-3/h5-58H2,1-4H3/q+1. The molecule has 0 aliphatic rings. The third-order valence-electron chi connectivity index (χ3n) is 14.4. The molecule has 1 heteroatoms. The van der Waals surface area contributed by atoms with Crippen molar-refractivity contribution >= 4 is 7.26 Å². The zero-order valence-electron chi connectivity index (χ0n) is 42.6. The second-order valence-corrected chi connectivity index (χ2v) is 25.0. The van der Waals surface area contributed by atoms with Crippen LogP contribution in [-0.2, 0) is 0 Å². The highest BCUT2D eigenvalue weighted by Crippen LogP contribution is 2.61. The Labute approximate surface area is 379 Å². The maximum atomic E-state index is 2.34. The van der Waals surface area contributed by atoms with E-state index in [9.17, 15) is 0 Å². The van der Waals surface area contributed by atoms with Gasteiger partial charge in [-0.15, -0.1) is 0 Å². The summed E-state index contributed by atoms with van der Waals surface area (Å²) < 4.78 is 0. The fourth-order valence-corrected chi connectivity index (χ4v) is 15.1. The summed E-state index contributed by atoms with van der Waals surface area (Å²) in [6.45, 7) is 9.35. The van der Waals surface area contributed by atoms with Crippen molar-refractivity contribution in [3.8, 4) is 0 Å². The van der Waals surface area contributed by atoms with E-state index in [0.717, 1.165) is 0 Å². The van der Waals surface area contributed by atoms with E-state index in [1.807, 2.05) is 0 Å². The van der Waals surface area contributed by atoms with E-state index in [-0.39, 0.29) is 0 Å². The molecule has 356 valence electrons. The predicted octanol–water partition coefficient (Wildman–Crippen LogP) is 22.6. The van der Waals surface area contributed by atoms with Crippen LogP contribution >= 0.6 is 7.26 Å². The molecule has 0 heterocycles. The quantitative estimate of drug-likeness (QED) is 0.0423. The fraction of sp³-hybridized carbons (Fsp3) is 1.00. The van der Waals surface area contributed by atoms with E-state index >= 15 is 0 Å². The molecule has 0 aromatic heterocycles. The molecule has 0 unspecified atom stereocenters. The average molecular weight is 849 g/mol. The lowest BCUT2D eigenvalue weighted by molar-refractivity contribution is 0.540.